The molecule has 4 rings (SSSR count). The average Bonchev–Trinajstić information content (AvgIpc) is 3.39. The van der Waals surface area contributed by atoms with E-state index in [1.54, 1.807) is 6.20 Å². The van der Waals surface area contributed by atoms with Crippen molar-refractivity contribution in [3.8, 4) is 11.1 Å². The molecule has 2 amide bonds. The molecule has 178 valence electrons. The summed E-state index contributed by atoms with van der Waals surface area (Å²) < 4.78 is 14.8. The Labute approximate surface area is 203 Å². The molecule has 0 bridgehead atoms. The molecule has 35 heavy (non-hydrogen) atoms. The predicted octanol–water partition coefficient (Wildman–Crippen LogP) is 4.56. The smallest absolute Gasteiger partial charge is 0.251 e. The lowest BCUT2D eigenvalue weighted by Gasteiger charge is -2.12. The van der Waals surface area contributed by atoms with E-state index in [2.05, 4.69) is 46.1 Å². The van der Waals surface area contributed by atoms with Crippen molar-refractivity contribution in [2.75, 3.05) is 6.54 Å². The zero-order chi connectivity index (χ0) is 24.5. The van der Waals surface area contributed by atoms with Crippen LogP contribution in [0.15, 0.2) is 91.3 Å². The van der Waals surface area contributed by atoms with Crippen molar-refractivity contribution in [3.63, 3.8) is 0 Å². The Morgan fingerprint density at radius 3 is 2.40 bits per heavy atom. The molecule has 0 radical (unpaired) electrons. The number of halogens is 1. The lowest BCUT2D eigenvalue weighted by molar-refractivity contribution is -0.121. The van der Waals surface area contributed by atoms with Crippen LogP contribution in [0.5, 0.6) is 0 Å². The minimum atomic E-state index is -0.387. The van der Waals surface area contributed by atoms with Gasteiger partial charge in [0.05, 0.1) is 6.54 Å². The van der Waals surface area contributed by atoms with Gasteiger partial charge in [-0.25, -0.2) is 4.39 Å². The van der Waals surface area contributed by atoms with Gasteiger partial charge in [0, 0.05) is 37.5 Å². The van der Waals surface area contributed by atoms with Gasteiger partial charge in [-0.1, -0.05) is 48.5 Å². The molecule has 0 unspecified atom stereocenters. The van der Waals surface area contributed by atoms with Gasteiger partial charge in [-0.05, 0) is 59.0 Å². The number of hydrogen-bond donors (Lipinski definition) is 2. The maximum absolute atomic E-state index is 13.0. The molecule has 0 aliphatic carbocycles. The number of hydrogen-bond acceptors (Lipinski definition) is 3. The second kappa shape index (κ2) is 11.7. The molecule has 0 atom stereocenters. The first-order valence-corrected chi connectivity index (χ1v) is 11.5. The maximum atomic E-state index is 13.0. The summed E-state index contributed by atoms with van der Waals surface area (Å²) in [5.74, 6) is -0.748. The summed E-state index contributed by atoms with van der Waals surface area (Å²) in [5, 5.41) is 9.96. The fraction of sp³-hybridized carbons (Fsp3) is 0.179. The zero-order valence-electron chi connectivity index (χ0n) is 19.3. The van der Waals surface area contributed by atoms with Crippen LogP contribution in [0.4, 0.5) is 4.39 Å². The molecule has 0 spiro atoms. The predicted molar refractivity (Wildman–Crippen MR) is 133 cm³/mol. The largest absolute Gasteiger partial charge is 0.352 e. The standard InChI is InChI=1S/C28H27FN4O2/c29-25-14-12-23(13-15-25)28(35)30-16-3-7-27(34)31-19-24-5-1-2-6-26(24)22-10-8-21(9-11-22)20-33-18-4-17-32-33/h1-2,4-6,8-15,17-18H,3,7,16,19-20H2,(H,30,35)(H,31,34). The lowest BCUT2D eigenvalue weighted by Crippen LogP contribution is -2.27. The van der Waals surface area contributed by atoms with Crippen molar-refractivity contribution in [3.05, 3.63) is 114 Å². The van der Waals surface area contributed by atoms with E-state index in [0.717, 1.165) is 28.8 Å². The van der Waals surface area contributed by atoms with Gasteiger partial charge in [0.15, 0.2) is 0 Å². The molecule has 1 heterocycles. The van der Waals surface area contributed by atoms with Crippen LogP contribution in [0.25, 0.3) is 11.1 Å². The van der Waals surface area contributed by atoms with Crippen molar-refractivity contribution in [2.24, 2.45) is 0 Å². The molecule has 2 N–H and O–H groups in total. The number of nitrogens with zero attached hydrogens (tertiary/aromatic N) is 2. The van der Waals surface area contributed by atoms with E-state index in [1.165, 1.54) is 24.3 Å². The topological polar surface area (TPSA) is 76.0 Å². The van der Waals surface area contributed by atoms with E-state index in [1.807, 2.05) is 35.1 Å². The van der Waals surface area contributed by atoms with E-state index in [9.17, 15) is 14.0 Å². The number of rotatable bonds is 10. The van der Waals surface area contributed by atoms with Gasteiger partial charge in [0.1, 0.15) is 5.82 Å². The molecule has 6 nitrogen and oxygen atoms in total. The molecule has 0 saturated heterocycles. The van der Waals surface area contributed by atoms with Crippen LogP contribution >= 0.6 is 0 Å². The fourth-order valence-corrected chi connectivity index (χ4v) is 3.76. The zero-order valence-corrected chi connectivity index (χ0v) is 19.3. The molecule has 0 saturated carbocycles. The Hall–Kier alpha value is -4.26. The first-order valence-electron chi connectivity index (χ1n) is 11.5. The van der Waals surface area contributed by atoms with Crippen LogP contribution in [-0.2, 0) is 17.9 Å². The molecule has 4 aromatic rings. The Balaban J connectivity index is 1.25. The van der Waals surface area contributed by atoms with Crippen LogP contribution < -0.4 is 10.6 Å². The Morgan fingerprint density at radius 1 is 0.886 bits per heavy atom. The number of amides is 2. The summed E-state index contributed by atoms with van der Waals surface area (Å²) in [4.78, 5) is 24.4. The molecular weight excluding hydrogens is 443 g/mol. The Morgan fingerprint density at radius 2 is 1.66 bits per heavy atom. The lowest BCUT2D eigenvalue weighted by atomic mass is 9.98. The average molecular weight is 471 g/mol. The van der Waals surface area contributed by atoms with Gasteiger partial charge >= 0.3 is 0 Å². The summed E-state index contributed by atoms with van der Waals surface area (Å²) in [7, 11) is 0. The summed E-state index contributed by atoms with van der Waals surface area (Å²) >= 11 is 0. The van der Waals surface area contributed by atoms with Gasteiger partial charge in [-0.3, -0.25) is 14.3 Å². The number of carbonyl (C=O) groups is 2. The normalized spacial score (nSPS) is 10.7. The van der Waals surface area contributed by atoms with Crippen molar-refractivity contribution in [2.45, 2.75) is 25.9 Å². The highest BCUT2D eigenvalue weighted by molar-refractivity contribution is 5.94. The number of carbonyl (C=O) groups excluding carboxylic acids is 2. The molecular formula is C28H27FN4O2. The van der Waals surface area contributed by atoms with Gasteiger partial charge in [0.25, 0.3) is 5.91 Å². The number of aromatic nitrogens is 2. The second-order valence-electron chi connectivity index (χ2n) is 8.20. The highest BCUT2D eigenvalue weighted by atomic mass is 19.1. The Kier molecular flexibility index (Phi) is 8.01. The SMILES string of the molecule is O=C(CCCNC(=O)c1ccc(F)cc1)NCc1ccccc1-c1ccc(Cn2cccn2)cc1. The van der Waals surface area contributed by atoms with Crippen LogP contribution in [0.3, 0.4) is 0 Å². The Bertz CT molecular complexity index is 1250. The molecule has 0 fully saturated rings. The van der Waals surface area contributed by atoms with Gasteiger partial charge in [0.2, 0.25) is 5.91 Å². The van der Waals surface area contributed by atoms with E-state index in [-0.39, 0.29) is 17.6 Å². The van der Waals surface area contributed by atoms with E-state index >= 15 is 0 Å². The minimum absolute atomic E-state index is 0.0783. The van der Waals surface area contributed by atoms with Crippen molar-refractivity contribution in [1.82, 2.24) is 20.4 Å². The van der Waals surface area contributed by atoms with Crippen LogP contribution in [-0.4, -0.2) is 28.1 Å². The van der Waals surface area contributed by atoms with Crippen molar-refractivity contribution >= 4 is 11.8 Å². The molecule has 1 aromatic heterocycles. The highest BCUT2D eigenvalue weighted by Crippen LogP contribution is 2.24. The maximum Gasteiger partial charge on any atom is 0.251 e. The van der Waals surface area contributed by atoms with Crippen LogP contribution in [0.2, 0.25) is 0 Å². The van der Waals surface area contributed by atoms with Gasteiger partial charge in [-0.15, -0.1) is 0 Å². The fourth-order valence-electron chi connectivity index (χ4n) is 3.76. The summed E-state index contributed by atoms with van der Waals surface area (Å²) in [6, 6.07) is 23.6. The van der Waals surface area contributed by atoms with E-state index < -0.39 is 0 Å². The summed E-state index contributed by atoms with van der Waals surface area (Å²) in [6.07, 6.45) is 4.51. The van der Waals surface area contributed by atoms with Crippen LogP contribution in [0, 0.1) is 5.82 Å². The monoisotopic (exact) mass is 470 g/mol. The highest BCUT2D eigenvalue weighted by Gasteiger charge is 2.09. The number of nitrogens with one attached hydrogen (secondary N) is 2. The third-order valence-electron chi connectivity index (χ3n) is 5.63. The third kappa shape index (κ3) is 6.86. The first kappa shape index (κ1) is 23.9. The molecule has 0 aliphatic heterocycles. The van der Waals surface area contributed by atoms with E-state index in [0.29, 0.717) is 31.5 Å². The quantitative estimate of drug-likeness (QED) is 0.334. The molecule has 0 aliphatic rings. The van der Waals surface area contributed by atoms with E-state index in [4.69, 9.17) is 0 Å². The van der Waals surface area contributed by atoms with Crippen LogP contribution in [0.1, 0.15) is 34.3 Å². The van der Waals surface area contributed by atoms with Crippen molar-refractivity contribution < 1.29 is 14.0 Å². The van der Waals surface area contributed by atoms with Gasteiger partial charge in [-0.2, -0.15) is 5.10 Å². The summed E-state index contributed by atoms with van der Waals surface area (Å²) in [6.45, 7) is 1.51. The second-order valence-corrected chi connectivity index (χ2v) is 8.20. The minimum Gasteiger partial charge on any atom is -0.352 e. The third-order valence-corrected chi connectivity index (χ3v) is 5.63. The van der Waals surface area contributed by atoms with Gasteiger partial charge < -0.3 is 10.6 Å². The number of benzene rings is 3. The summed E-state index contributed by atoms with van der Waals surface area (Å²) in [5.41, 5.74) is 4.74. The van der Waals surface area contributed by atoms with Crippen molar-refractivity contribution in [1.29, 1.82) is 0 Å². The molecule has 7 heteroatoms. The molecule has 3 aromatic carbocycles. The first-order chi connectivity index (χ1) is 17.1.